The Morgan fingerprint density at radius 2 is 1.97 bits per heavy atom. The van der Waals surface area contributed by atoms with Crippen LogP contribution < -0.4 is 15.6 Å². The number of nitrogens with one attached hydrogen (secondary N) is 1. The quantitative estimate of drug-likeness (QED) is 0.308. The van der Waals surface area contributed by atoms with Gasteiger partial charge in [-0.25, -0.2) is 9.37 Å². The number of nitrogens with zero attached hydrogens (tertiary/aromatic N) is 3. The van der Waals surface area contributed by atoms with Crippen LogP contribution in [0.2, 0.25) is 5.02 Å². The number of hydrogen-bond donors (Lipinski definition) is 1. The Bertz CT molecular complexity index is 1490. The minimum atomic E-state index is -0.428. The second-order valence-electron chi connectivity index (χ2n) is 7.43. The van der Waals surface area contributed by atoms with E-state index in [0.29, 0.717) is 45.2 Å². The molecular formula is C25H19BrClFN4O3. The fourth-order valence-electron chi connectivity index (χ4n) is 3.29. The molecule has 0 aliphatic carbocycles. The normalized spacial score (nSPS) is 11.2. The molecule has 1 heterocycles. The Hall–Kier alpha value is -3.56. The maximum absolute atomic E-state index is 13.1. The smallest absolute Gasteiger partial charge is 0.282 e. The van der Waals surface area contributed by atoms with Crippen LogP contribution in [0.1, 0.15) is 18.3 Å². The largest absolute Gasteiger partial charge is 0.483 e. The van der Waals surface area contributed by atoms with Gasteiger partial charge in [0.25, 0.3) is 11.5 Å². The lowest BCUT2D eigenvalue weighted by atomic mass is 10.2. The van der Waals surface area contributed by atoms with E-state index in [1.165, 1.54) is 35.2 Å². The van der Waals surface area contributed by atoms with Crippen molar-refractivity contribution in [2.24, 2.45) is 5.10 Å². The van der Waals surface area contributed by atoms with Crippen molar-refractivity contribution < 1.29 is 13.9 Å². The molecule has 3 aromatic carbocycles. The topological polar surface area (TPSA) is 85.6 Å². The van der Waals surface area contributed by atoms with E-state index in [2.05, 4.69) is 31.3 Å². The van der Waals surface area contributed by atoms with Crippen molar-refractivity contribution in [2.75, 3.05) is 11.9 Å². The molecule has 10 heteroatoms. The number of amides is 1. The average Bonchev–Trinajstić information content (AvgIpc) is 2.84. The molecule has 0 fully saturated rings. The summed E-state index contributed by atoms with van der Waals surface area (Å²) in [7, 11) is 0. The van der Waals surface area contributed by atoms with E-state index in [1.807, 2.05) is 13.0 Å². The Labute approximate surface area is 213 Å². The number of rotatable bonds is 7. The lowest BCUT2D eigenvalue weighted by Gasteiger charge is -2.11. The number of carbonyl (C=O) groups is 1. The molecule has 0 saturated heterocycles. The maximum Gasteiger partial charge on any atom is 0.282 e. The van der Waals surface area contributed by atoms with E-state index in [9.17, 15) is 14.0 Å². The van der Waals surface area contributed by atoms with Gasteiger partial charge in [0.15, 0.2) is 6.61 Å². The molecule has 0 atom stereocenters. The third-order valence-corrected chi connectivity index (χ3v) is 5.69. The van der Waals surface area contributed by atoms with Crippen LogP contribution in [0.3, 0.4) is 0 Å². The van der Waals surface area contributed by atoms with Gasteiger partial charge < -0.3 is 10.1 Å². The lowest BCUT2D eigenvalue weighted by Crippen LogP contribution is -2.22. The predicted octanol–water partition coefficient (Wildman–Crippen LogP) is 5.41. The van der Waals surface area contributed by atoms with Crippen LogP contribution in [0.25, 0.3) is 10.9 Å². The highest BCUT2D eigenvalue weighted by molar-refractivity contribution is 9.10. The average molecular weight is 558 g/mol. The van der Waals surface area contributed by atoms with Crippen LogP contribution in [-0.4, -0.2) is 28.4 Å². The second-order valence-corrected chi connectivity index (χ2v) is 8.78. The molecule has 1 aromatic heterocycles. The fraction of sp³-hybridized carbons (Fsp3) is 0.120. The van der Waals surface area contributed by atoms with Crippen molar-refractivity contribution in [1.29, 1.82) is 0 Å². The van der Waals surface area contributed by atoms with E-state index >= 15 is 0 Å². The summed E-state index contributed by atoms with van der Waals surface area (Å²) < 4.78 is 20.7. The monoisotopic (exact) mass is 556 g/mol. The third-order valence-electron chi connectivity index (χ3n) is 4.96. The van der Waals surface area contributed by atoms with Crippen molar-refractivity contribution in [3.63, 3.8) is 0 Å². The highest BCUT2D eigenvalue weighted by atomic mass is 79.9. The van der Waals surface area contributed by atoms with Crippen LogP contribution in [-0.2, 0) is 11.2 Å². The van der Waals surface area contributed by atoms with E-state index in [4.69, 9.17) is 16.3 Å². The molecule has 1 amide bonds. The first-order valence-corrected chi connectivity index (χ1v) is 11.7. The first kappa shape index (κ1) is 24.6. The number of hydrogen-bond acceptors (Lipinski definition) is 5. The SMILES string of the molecule is CCc1nc2ccc(Br)cc2c(=O)n1N=Cc1cc(Cl)ccc1OCC(=O)Nc1ccc(F)cc1. The number of aryl methyl sites for hydroxylation is 1. The molecule has 7 nitrogen and oxygen atoms in total. The molecule has 0 saturated carbocycles. The number of ether oxygens (including phenoxy) is 1. The molecule has 0 aliphatic rings. The summed E-state index contributed by atoms with van der Waals surface area (Å²) in [5.41, 5.74) is 1.18. The van der Waals surface area contributed by atoms with Crippen molar-refractivity contribution in [2.45, 2.75) is 13.3 Å². The first-order valence-electron chi connectivity index (χ1n) is 10.6. The van der Waals surface area contributed by atoms with Crippen LogP contribution in [0, 0.1) is 5.82 Å². The molecule has 0 unspecified atom stereocenters. The summed E-state index contributed by atoms with van der Waals surface area (Å²) in [4.78, 5) is 29.9. The van der Waals surface area contributed by atoms with Crippen molar-refractivity contribution >= 4 is 56.2 Å². The van der Waals surface area contributed by atoms with Gasteiger partial charge in [0, 0.05) is 27.2 Å². The highest BCUT2D eigenvalue weighted by Gasteiger charge is 2.11. The van der Waals surface area contributed by atoms with Gasteiger partial charge in [-0.15, -0.1) is 0 Å². The van der Waals surface area contributed by atoms with Crippen molar-refractivity contribution in [3.8, 4) is 5.75 Å². The van der Waals surface area contributed by atoms with Gasteiger partial charge in [0.1, 0.15) is 17.4 Å². The summed E-state index contributed by atoms with van der Waals surface area (Å²) in [5.74, 6) is 0.00594. The molecule has 0 radical (unpaired) electrons. The number of fused-ring (bicyclic) bond motifs is 1. The zero-order chi connectivity index (χ0) is 24.9. The van der Waals surface area contributed by atoms with E-state index in [-0.39, 0.29) is 12.2 Å². The maximum atomic E-state index is 13.1. The molecule has 4 rings (SSSR count). The van der Waals surface area contributed by atoms with Crippen LogP contribution in [0.15, 0.2) is 75.0 Å². The third kappa shape index (κ3) is 5.93. The van der Waals surface area contributed by atoms with E-state index < -0.39 is 11.7 Å². The standard InChI is InChI=1S/C25H19BrClFN4O3/c1-2-23-31-21-9-3-16(26)12-20(21)25(34)32(23)29-13-15-11-17(27)4-10-22(15)35-14-24(33)30-19-7-5-18(28)6-8-19/h3-13H,2,14H2,1H3,(H,30,33). The minimum absolute atomic E-state index is 0.300. The van der Waals surface area contributed by atoms with Gasteiger partial charge in [-0.1, -0.05) is 34.5 Å². The number of anilines is 1. The van der Waals surface area contributed by atoms with Gasteiger partial charge in [-0.05, 0) is 60.7 Å². The molecule has 4 aromatic rings. The van der Waals surface area contributed by atoms with E-state index in [1.54, 1.807) is 30.3 Å². The summed E-state index contributed by atoms with van der Waals surface area (Å²) >= 11 is 9.53. The number of benzene rings is 3. The Balaban J connectivity index is 1.59. The first-order chi connectivity index (χ1) is 16.8. The zero-order valence-electron chi connectivity index (χ0n) is 18.5. The Kier molecular flexibility index (Phi) is 7.57. The van der Waals surface area contributed by atoms with Gasteiger partial charge in [0.05, 0.1) is 17.1 Å². The minimum Gasteiger partial charge on any atom is -0.483 e. The summed E-state index contributed by atoms with van der Waals surface area (Å²) in [6.07, 6.45) is 1.92. The lowest BCUT2D eigenvalue weighted by molar-refractivity contribution is -0.118. The molecule has 1 N–H and O–H groups in total. The van der Waals surface area contributed by atoms with Gasteiger partial charge in [0.2, 0.25) is 0 Å². The zero-order valence-corrected chi connectivity index (χ0v) is 20.8. The van der Waals surface area contributed by atoms with Gasteiger partial charge in [-0.2, -0.15) is 9.78 Å². The van der Waals surface area contributed by atoms with Gasteiger partial charge >= 0.3 is 0 Å². The van der Waals surface area contributed by atoms with Crippen molar-refractivity contribution in [3.05, 3.63) is 97.7 Å². The van der Waals surface area contributed by atoms with Crippen LogP contribution in [0.5, 0.6) is 5.75 Å². The Morgan fingerprint density at radius 1 is 1.20 bits per heavy atom. The summed E-state index contributed by atoms with van der Waals surface area (Å²) in [5, 5.41) is 7.84. The molecule has 178 valence electrons. The molecular weight excluding hydrogens is 539 g/mol. The molecule has 0 bridgehead atoms. The molecule has 0 spiro atoms. The van der Waals surface area contributed by atoms with Crippen molar-refractivity contribution in [1.82, 2.24) is 9.66 Å². The summed E-state index contributed by atoms with van der Waals surface area (Å²) in [6, 6.07) is 15.5. The predicted molar refractivity (Wildman–Crippen MR) is 138 cm³/mol. The number of aromatic nitrogens is 2. The van der Waals surface area contributed by atoms with Crippen LogP contribution >= 0.6 is 27.5 Å². The molecule has 0 aliphatic heterocycles. The second kappa shape index (κ2) is 10.8. The number of carbonyl (C=O) groups excluding carboxylic acids is 1. The molecule has 35 heavy (non-hydrogen) atoms. The fourth-order valence-corrected chi connectivity index (χ4v) is 3.83. The van der Waals surface area contributed by atoms with Gasteiger partial charge in [-0.3, -0.25) is 9.59 Å². The Morgan fingerprint density at radius 3 is 2.71 bits per heavy atom. The van der Waals surface area contributed by atoms with E-state index in [0.717, 1.165) is 4.47 Å². The summed E-state index contributed by atoms with van der Waals surface area (Å²) in [6.45, 7) is 1.58. The van der Waals surface area contributed by atoms with Crippen LogP contribution in [0.4, 0.5) is 10.1 Å². The highest BCUT2D eigenvalue weighted by Crippen LogP contribution is 2.22. The number of halogens is 3.